The van der Waals surface area contributed by atoms with E-state index in [1.54, 1.807) is 44.0 Å². The van der Waals surface area contributed by atoms with Gasteiger partial charge in [0.15, 0.2) is 5.69 Å². The predicted molar refractivity (Wildman–Crippen MR) is 128 cm³/mol. The van der Waals surface area contributed by atoms with Gasteiger partial charge in [0.2, 0.25) is 5.43 Å². The molecule has 0 atom stereocenters. The molecule has 0 saturated heterocycles. The topological polar surface area (TPSA) is 82.5 Å². The third-order valence-corrected chi connectivity index (χ3v) is 5.18. The summed E-state index contributed by atoms with van der Waals surface area (Å²) in [6, 6.07) is 23.5. The summed E-state index contributed by atoms with van der Waals surface area (Å²) < 4.78 is 12.3. The van der Waals surface area contributed by atoms with Gasteiger partial charge in [-0.15, -0.1) is 0 Å². The average Bonchev–Trinajstić information content (AvgIpc) is 2.84. The third-order valence-electron chi connectivity index (χ3n) is 5.18. The molecule has 3 aromatic carbocycles. The van der Waals surface area contributed by atoms with Gasteiger partial charge in [0.05, 0.1) is 19.9 Å². The fourth-order valence-corrected chi connectivity index (χ4v) is 3.51. The zero-order chi connectivity index (χ0) is 23.4. The summed E-state index contributed by atoms with van der Waals surface area (Å²) in [5.74, 6) is 0.802. The van der Waals surface area contributed by atoms with Crippen LogP contribution in [0.25, 0.3) is 16.8 Å². The summed E-state index contributed by atoms with van der Waals surface area (Å²) in [7, 11) is 3.19. The number of methoxy groups -OCH3 is 2. The largest absolute Gasteiger partial charge is 0.497 e. The van der Waals surface area contributed by atoms with Gasteiger partial charge in [-0.25, -0.2) is 4.68 Å². The molecule has 0 aliphatic heterocycles. The lowest BCUT2D eigenvalue weighted by Crippen LogP contribution is -2.26. The first-order valence-electron chi connectivity index (χ1n) is 10.3. The smallest absolute Gasteiger partial charge is 0.280 e. The number of hydrogen-bond donors (Lipinski definition) is 1. The van der Waals surface area contributed by atoms with Crippen molar-refractivity contribution < 1.29 is 14.3 Å². The van der Waals surface area contributed by atoms with Crippen LogP contribution in [0.15, 0.2) is 83.7 Å². The number of para-hydroxylation sites is 1. The molecule has 166 valence electrons. The summed E-state index contributed by atoms with van der Waals surface area (Å²) >= 11 is 0. The van der Waals surface area contributed by atoms with Gasteiger partial charge in [-0.3, -0.25) is 9.59 Å². The average molecular weight is 441 g/mol. The Morgan fingerprint density at radius 1 is 0.909 bits per heavy atom. The highest BCUT2D eigenvalue weighted by Gasteiger charge is 2.17. The minimum Gasteiger partial charge on any atom is -0.497 e. The molecule has 7 heteroatoms. The number of hydrogen-bond acceptors (Lipinski definition) is 5. The standard InChI is InChI=1S/C26H23N3O4/c1-17-15-23(30)25(28-29(17)20-7-5-4-6-8-20)26(31)27-19-11-14-24(33-3)22(16-19)18-9-12-21(32-2)13-10-18/h4-16H,1-3H3,(H,27,31). The van der Waals surface area contributed by atoms with Crippen molar-refractivity contribution >= 4 is 11.6 Å². The summed E-state index contributed by atoms with van der Waals surface area (Å²) in [6.45, 7) is 1.77. The van der Waals surface area contributed by atoms with E-state index in [1.165, 1.54) is 6.07 Å². The highest BCUT2D eigenvalue weighted by atomic mass is 16.5. The van der Waals surface area contributed by atoms with Gasteiger partial charge < -0.3 is 14.8 Å². The molecule has 4 rings (SSSR count). The lowest BCUT2D eigenvalue weighted by Gasteiger charge is -2.13. The summed E-state index contributed by atoms with van der Waals surface area (Å²) in [4.78, 5) is 25.5. The monoisotopic (exact) mass is 441 g/mol. The van der Waals surface area contributed by atoms with Crippen molar-refractivity contribution in [3.63, 3.8) is 0 Å². The normalized spacial score (nSPS) is 10.5. The van der Waals surface area contributed by atoms with Gasteiger partial charge >= 0.3 is 0 Å². The van der Waals surface area contributed by atoms with E-state index in [9.17, 15) is 9.59 Å². The number of nitrogens with zero attached hydrogens (tertiary/aromatic N) is 2. The Hall–Kier alpha value is -4.39. The van der Waals surface area contributed by atoms with Crippen molar-refractivity contribution in [2.24, 2.45) is 0 Å². The van der Waals surface area contributed by atoms with Crippen LogP contribution in [-0.4, -0.2) is 29.9 Å². The molecule has 4 aromatic rings. The Kier molecular flexibility index (Phi) is 6.22. The molecular formula is C26H23N3O4. The van der Waals surface area contributed by atoms with Crippen LogP contribution in [-0.2, 0) is 0 Å². The van der Waals surface area contributed by atoms with E-state index in [1.807, 2.05) is 54.6 Å². The second-order valence-corrected chi connectivity index (χ2v) is 7.34. The minimum absolute atomic E-state index is 0.189. The third kappa shape index (κ3) is 4.62. The first kappa shape index (κ1) is 21.8. The molecule has 0 bridgehead atoms. The number of rotatable bonds is 6. The lowest BCUT2D eigenvalue weighted by molar-refractivity contribution is 0.101. The summed E-state index contributed by atoms with van der Waals surface area (Å²) in [5.41, 5.74) is 2.96. The van der Waals surface area contributed by atoms with Gasteiger partial charge in [-0.05, 0) is 55.0 Å². The van der Waals surface area contributed by atoms with Crippen molar-refractivity contribution in [2.75, 3.05) is 19.5 Å². The van der Waals surface area contributed by atoms with Gasteiger partial charge in [-0.1, -0.05) is 30.3 Å². The molecule has 33 heavy (non-hydrogen) atoms. The number of anilines is 1. The lowest BCUT2D eigenvalue weighted by atomic mass is 10.0. The summed E-state index contributed by atoms with van der Waals surface area (Å²) in [6.07, 6.45) is 0. The van der Waals surface area contributed by atoms with Gasteiger partial charge in [-0.2, -0.15) is 5.10 Å². The maximum Gasteiger partial charge on any atom is 0.280 e. The van der Waals surface area contributed by atoms with Crippen LogP contribution in [0.4, 0.5) is 5.69 Å². The van der Waals surface area contributed by atoms with Crippen molar-refractivity contribution in [1.29, 1.82) is 0 Å². The molecule has 0 spiro atoms. The molecule has 0 fully saturated rings. The van der Waals surface area contributed by atoms with Crippen LogP contribution in [0.5, 0.6) is 11.5 Å². The van der Waals surface area contributed by atoms with Gasteiger partial charge in [0.25, 0.3) is 5.91 Å². The quantitative estimate of drug-likeness (QED) is 0.477. The van der Waals surface area contributed by atoms with Crippen LogP contribution in [0, 0.1) is 6.92 Å². The van der Waals surface area contributed by atoms with Crippen molar-refractivity contribution in [3.05, 3.63) is 100 Å². The molecule has 7 nitrogen and oxygen atoms in total. The first-order chi connectivity index (χ1) is 16.0. The zero-order valence-corrected chi connectivity index (χ0v) is 18.5. The second-order valence-electron chi connectivity index (χ2n) is 7.34. The molecule has 0 aliphatic rings. The van der Waals surface area contributed by atoms with E-state index in [0.717, 1.165) is 22.6 Å². The Balaban J connectivity index is 1.67. The second kappa shape index (κ2) is 9.40. The summed E-state index contributed by atoms with van der Waals surface area (Å²) in [5, 5.41) is 7.11. The Morgan fingerprint density at radius 2 is 1.64 bits per heavy atom. The molecule has 0 aliphatic carbocycles. The van der Waals surface area contributed by atoms with Crippen molar-refractivity contribution in [1.82, 2.24) is 9.78 Å². The highest BCUT2D eigenvalue weighted by Crippen LogP contribution is 2.33. The molecule has 1 N–H and O–H groups in total. The fourth-order valence-electron chi connectivity index (χ4n) is 3.51. The van der Waals surface area contributed by atoms with E-state index in [4.69, 9.17) is 9.47 Å². The predicted octanol–water partition coefficient (Wildman–Crippen LogP) is 4.48. The number of amides is 1. The van der Waals surface area contributed by atoms with Crippen LogP contribution in [0.2, 0.25) is 0 Å². The Labute approximate surface area is 191 Å². The van der Waals surface area contributed by atoms with E-state index >= 15 is 0 Å². The van der Waals surface area contributed by atoms with E-state index < -0.39 is 11.3 Å². The minimum atomic E-state index is -0.587. The molecular weight excluding hydrogens is 418 g/mol. The first-order valence-corrected chi connectivity index (χ1v) is 10.3. The van der Waals surface area contributed by atoms with Crippen molar-refractivity contribution in [3.8, 4) is 28.3 Å². The number of ether oxygens (including phenoxy) is 2. The zero-order valence-electron chi connectivity index (χ0n) is 18.5. The maximum atomic E-state index is 13.0. The number of nitrogens with one attached hydrogen (secondary N) is 1. The van der Waals surface area contributed by atoms with Gasteiger partial charge in [0.1, 0.15) is 11.5 Å². The molecule has 0 radical (unpaired) electrons. The number of aromatic nitrogens is 2. The van der Waals surface area contributed by atoms with Gasteiger partial charge in [0, 0.05) is 23.0 Å². The molecule has 0 unspecified atom stereocenters. The van der Waals surface area contributed by atoms with E-state index in [2.05, 4.69) is 10.4 Å². The fraction of sp³-hybridized carbons (Fsp3) is 0.115. The molecule has 1 heterocycles. The van der Waals surface area contributed by atoms with E-state index in [0.29, 0.717) is 17.1 Å². The highest BCUT2D eigenvalue weighted by molar-refractivity contribution is 6.03. The number of carbonyl (C=O) groups is 1. The van der Waals surface area contributed by atoms with Crippen LogP contribution < -0.4 is 20.2 Å². The Morgan fingerprint density at radius 3 is 2.30 bits per heavy atom. The van der Waals surface area contributed by atoms with E-state index in [-0.39, 0.29) is 5.69 Å². The molecule has 1 aromatic heterocycles. The molecule has 0 saturated carbocycles. The maximum absolute atomic E-state index is 13.0. The van der Waals surface area contributed by atoms with Crippen LogP contribution in [0.1, 0.15) is 16.2 Å². The molecule has 1 amide bonds. The number of aryl methyl sites for hydroxylation is 1. The van der Waals surface area contributed by atoms with Crippen molar-refractivity contribution in [2.45, 2.75) is 6.92 Å². The Bertz CT molecular complexity index is 1350. The number of carbonyl (C=O) groups excluding carboxylic acids is 1. The van der Waals surface area contributed by atoms with Crippen LogP contribution in [0.3, 0.4) is 0 Å². The SMILES string of the molecule is COc1ccc(-c2cc(NC(=O)c3nn(-c4ccccc4)c(C)cc3=O)ccc2OC)cc1. The number of benzene rings is 3. The van der Waals surface area contributed by atoms with Crippen LogP contribution >= 0.6 is 0 Å².